The number of carbonyl (C=O) groups is 2. The molecule has 3 rings (SSSR count). The molecule has 2 aliphatic rings. The Bertz CT molecular complexity index is 623. The number of rotatable bonds is 3. The van der Waals surface area contributed by atoms with E-state index < -0.39 is 0 Å². The Morgan fingerprint density at radius 1 is 1.09 bits per heavy atom. The lowest BCUT2D eigenvalue weighted by molar-refractivity contribution is -0.139. The molecule has 1 aliphatic heterocycles. The average Bonchev–Trinajstić information content (AvgIpc) is 3.08. The van der Waals surface area contributed by atoms with Crippen LogP contribution in [-0.4, -0.2) is 29.8 Å². The maximum Gasteiger partial charge on any atom is 0.228 e. The van der Waals surface area contributed by atoms with Crippen LogP contribution < -0.4 is 5.32 Å². The number of benzene rings is 1. The summed E-state index contributed by atoms with van der Waals surface area (Å²) in [5.41, 5.74) is 0.671. The van der Waals surface area contributed by atoms with Gasteiger partial charge in [-0.1, -0.05) is 29.8 Å². The molecule has 0 bridgehead atoms. The standard InChI is InChI=1S/C18H21ClN2O2/c19-13-6-5-7-14(12-13)20-17(22)15-8-1-2-9-16(15)18(23)21-10-3-4-11-21/h1-2,5-7,12,15-16H,3-4,8-11H2,(H,20,22). The molecule has 0 aromatic heterocycles. The molecule has 1 heterocycles. The van der Waals surface area contributed by atoms with Crippen molar-refractivity contribution in [1.29, 1.82) is 0 Å². The topological polar surface area (TPSA) is 49.4 Å². The van der Waals surface area contributed by atoms with E-state index in [4.69, 9.17) is 11.6 Å². The SMILES string of the molecule is O=C(Nc1cccc(Cl)c1)C1CC=CCC1C(=O)N1CCCC1. The van der Waals surface area contributed by atoms with Crippen molar-refractivity contribution in [2.45, 2.75) is 25.7 Å². The minimum atomic E-state index is -0.313. The maximum absolute atomic E-state index is 12.7. The molecule has 1 saturated heterocycles. The summed E-state index contributed by atoms with van der Waals surface area (Å²) < 4.78 is 0. The number of nitrogens with one attached hydrogen (secondary N) is 1. The number of amides is 2. The molecule has 1 aliphatic carbocycles. The molecule has 1 aromatic rings. The number of carbonyl (C=O) groups excluding carboxylic acids is 2. The second-order valence-electron chi connectivity index (χ2n) is 6.19. The lowest BCUT2D eigenvalue weighted by Gasteiger charge is -2.30. The zero-order chi connectivity index (χ0) is 16.2. The third kappa shape index (κ3) is 3.75. The zero-order valence-electron chi connectivity index (χ0n) is 13.0. The molecule has 23 heavy (non-hydrogen) atoms. The highest BCUT2D eigenvalue weighted by atomic mass is 35.5. The number of likely N-dealkylation sites (tertiary alicyclic amines) is 1. The van der Waals surface area contributed by atoms with Gasteiger partial charge in [0.15, 0.2) is 0 Å². The lowest BCUT2D eigenvalue weighted by atomic mass is 9.81. The fourth-order valence-electron chi connectivity index (χ4n) is 3.35. The van der Waals surface area contributed by atoms with Crippen LogP contribution in [0.15, 0.2) is 36.4 Å². The van der Waals surface area contributed by atoms with E-state index in [1.54, 1.807) is 24.3 Å². The van der Waals surface area contributed by atoms with Crippen LogP contribution in [0.1, 0.15) is 25.7 Å². The van der Waals surface area contributed by atoms with Crippen LogP contribution in [0.25, 0.3) is 0 Å². The van der Waals surface area contributed by atoms with Gasteiger partial charge < -0.3 is 10.2 Å². The Kier molecular flexibility index (Phi) is 5.01. The predicted octanol–water partition coefficient (Wildman–Crippen LogP) is 3.48. The maximum atomic E-state index is 12.7. The van der Waals surface area contributed by atoms with Crippen molar-refractivity contribution in [3.05, 3.63) is 41.4 Å². The van der Waals surface area contributed by atoms with Gasteiger partial charge >= 0.3 is 0 Å². The molecule has 0 spiro atoms. The van der Waals surface area contributed by atoms with Gasteiger partial charge in [-0.15, -0.1) is 0 Å². The fourth-order valence-corrected chi connectivity index (χ4v) is 3.54. The molecule has 4 nitrogen and oxygen atoms in total. The van der Waals surface area contributed by atoms with Crippen molar-refractivity contribution in [2.75, 3.05) is 18.4 Å². The van der Waals surface area contributed by atoms with Gasteiger partial charge in [-0.2, -0.15) is 0 Å². The van der Waals surface area contributed by atoms with Gasteiger partial charge in [0.05, 0.1) is 11.8 Å². The van der Waals surface area contributed by atoms with Crippen molar-refractivity contribution < 1.29 is 9.59 Å². The normalized spacial score (nSPS) is 23.8. The molecular formula is C18H21ClN2O2. The lowest BCUT2D eigenvalue weighted by Crippen LogP contribution is -2.42. The molecule has 0 saturated carbocycles. The largest absolute Gasteiger partial charge is 0.342 e. The molecule has 2 unspecified atom stereocenters. The summed E-state index contributed by atoms with van der Waals surface area (Å²) in [6.45, 7) is 1.64. The van der Waals surface area contributed by atoms with E-state index in [1.165, 1.54) is 0 Å². The van der Waals surface area contributed by atoms with E-state index in [1.807, 2.05) is 17.1 Å². The first-order valence-corrected chi connectivity index (χ1v) is 8.53. The first kappa shape index (κ1) is 16.1. The summed E-state index contributed by atoms with van der Waals surface area (Å²) in [6, 6.07) is 7.08. The quantitative estimate of drug-likeness (QED) is 0.861. The Morgan fingerprint density at radius 3 is 2.48 bits per heavy atom. The number of anilines is 1. The molecule has 2 amide bonds. The van der Waals surface area contributed by atoms with Crippen molar-refractivity contribution in [1.82, 2.24) is 4.90 Å². The molecule has 0 radical (unpaired) electrons. The van der Waals surface area contributed by atoms with Crippen molar-refractivity contribution in [2.24, 2.45) is 11.8 Å². The summed E-state index contributed by atoms with van der Waals surface area (Å²) in [5.74, 6) is -0.545. The highest BCUT2D eigenvalue weighted by Gasteiger charge is 2.36. The summed E-state index contributed by atoms with van der Waals surface area (Å²) >= 11 is 5.96. The first-order chi connectivity index (χ1) is 11.1. The van der Waals surface area contributed by atoms with Gasteiger partial charge in [-0.3, -0.25) is 9.59 Å². The fraction of sp³-hybridized carbons (Fsp3) is 0.444. The third-order valence-corrected chi connectivity index (χ3v) is 4.83. The van der Waals surface area contributed by atoms with Gasteiger partial charge in [0.2, 0.25) is 11.8 Å². The van der Waals surface area contributed by atoms with Crippen molar-refractivity contribution >= 4 is 29.1 Å². The third-order valence-electron chi connectivity index (χ3n) is 4.60. The van der Waals surface area contributed by atoms with E-state index in [-0.39, 0.29) is 23.7 Å². The van der Waals surface area contributed by atoms with Gasteiger partial charge in [-0.05, 0) is 43.9 Å². The minimum absolute atomic E-state index is 0.103. The Balaban J connectivity index is 1.71. The highest BCUT2D eigenvalue weighted by Crippen LogP contribution is 2.30. The summed E-state index contributed by atoms with van der Waals surface area (Å²) in [7, 11) is 0. The van der Waals surface area contributed by atoms with Crippen LogP contribution in [0.3, 0.4) is 0 Å². The van der Waals surface area contributed by atoms with Crippen molar-refractivity contribution in [3.8, 4) is 0 Å². The first-order valence-electron chi connectivity index (χ1n) is 8.15. The van der Waals surface area contributed by atoms with E-state index in [0.717, 1.165) is 25.9 Å². The van der Waals surface area contributed by atoms with Crippen LogP contribution in [0, 0.1) is 11.8 Å². The van der Waals surface area contributed by atoms with E-state index in [0.29, 0.717) is 23.6 Å². The highest BCUT2D eigenvalue weighted by molar-refractivity contribution is 6.30. The number of halogens is 1. The Hall–Kier alpha value is -1.81. The summed E-state index contributed by atoms with van der Waals surface area (Å²) in [6.07, 6.45) is 7.39. The van der Waals surface area contributed by atoms with E-state index >= 15 is 0 Å². The molecule has 1 aromatic carbocycles. The number of nitrogens with zero attached hydrogens (tertiary/aromatic N) is 1. The van der Waals surface area contributed by atoms with E-state index in [9.17, 15) is 9.59 Å². The van der Waals surface area contributed by atoms with Crippen LogP contribution in [0.5, 0.6) is 0 Å². The van der Waals surface area contributed by atoms with Crippen LogP contribution in [0.4, 0.5) is 5.69 Å². The van der Waals surface area contributed by atoms with Crippen LogP contribution >= 0.6 is 11.6 Å². The Morgan fingerprint density at radius 2 is 1.78 bits per heavy atom. The monoisotopic (exact) mass is 332 g/mol. The van der Waals surface area contributed by atoms with E-state index in [2.05, 4.69) is 5.32 Å². The Labute approximate surface area is 141 Å². The number of hydrogen-bond donors (Lipinski definition) is 1. The second kappa shape index (κ2) is 7.18. The molecule has 5 heteroatoms. The summed E-state index contributed by atoms with van der Waals surface area (Å²) in [5, 5.41) is 3.48. The van der Waals surface area contributed by atoms with Gasteiger partial charge in [0, 0.05) is 23.8 Å². The number of hydrogen-bond acceptors (Lipinski definition) is 2. The molecular weight excluding hydrogens is 312 g/mol. The number of allylic oxidation sites excluding steroid dienone is 2. The predicted molar refractivity (Wildman–Crippen MR) is 91.2 cm³/mol. The molecule has 1 fully saturated rings. The zero-order valence-corrected chi connectivity index (χ0v) is 13.8. The molecule has 2 atom stereocenters. The van der Waals surface area contributed by atoms with Crippen LogP contribution in [-0.2, 0) is 9.59 Å². The second-order valence-corrected chi connectivity index (χ2v) is 6.62. The minimum Gasteiger partial charge on any atom is -0.342 e. The van der Waals surface area contributed by atoms with Crippen LogP contribution in [0.2, 0.25) is 5.02 Å². The van der Waals surface area contributed by atoms with Gasteiger partial charge in [-0.25, -0.2) is 0 Å². The smallest absolute Gasteiger partial charge is 0.228 e. The average molecular weight is 333 g/mol. The van der Waals surface area contributed by atoms with Gasteiger partial charge in [0.25, 0.3) is 0 Å². The molecule has 1 N–H and O–H groups in total. The molecule has 122 valence electrons. The van der Waals surface area contributed by atoms with Gasteiger partial charge in [0.1, 0.15) is 0 Å². The summed E-state index contributed by atoms with van der Waals surface area (Å²) in [4.78, 5) is 27.3. The van der Waals surface area contributed by atoms with Crippen molar-refractivity contribution in [3.63, 3.8) is 0 Å².